The summed E-state index contributed by atoms with van der Waals surface area (Å²) in [5.74, 6) is 0.663. The fourth-order valence-corrected chi connectivity index (χ4v) is 2.18. The van der Waals surface area contributed by atoms with Crippen molar-refractivity contribution in [3.8, 4) is 0 Å². The van der Waals surface area contributed by atoms with Crippen molar-refractivity contribution in [2.75, 3.05) is 16.4 Å². The van der Waals surface area contributed by atoms with Crippen LogP contribution in [0, 0.1) is 0 Å². The van der Waals surface area contributed by atoms with Gasteiger partial charge in [-0.1, -0.05) is 13.3 Å². The van der Waals surface area contributed by atoms with E-state index in [4.69, 9.17) is 5.73 Å². The Bertz CT molecular complexity index is 479. The maximum atomic E-state index is 11.8. The van der Waals surface area contributed by atoms with Gasteiger partial charge in [0.2, 0.25) is 5.95 Å². The lowest BCUT2D eigenvalue weighted by molar-refractivity contribution is 0.431. The van der Waals surface area contributed by atoms with Gasteiger partial charge in [0.25, 0.3) is 5.56 Å². The van der Waals surface area contributed by atoms with Crippen LogP contribution in [0.3, 0.4) is 0 Å². The van der Waals surface area contributed by atoms with Crippen LogP contribution in [0.2, 0.25) is 0 Å². The highest BCUT2D eigenvalue weighted by atomic mass is 16.1. The van der Waals surface area contributed by atoms with Crippen LogP contribution < -0.4 is 21.9 Å². The summed E-state index contributed by atoms with van der Waals surface area (Å²) < 4.78 is 0. The number of hydrogen-bond donors (Lipinski definition) is 4. The zero-order valence-electron chi connectivity index (χ0n) is 10.4. The highest BCUT2D eigenvalue weighted by molar-refractivity contribution is 5.68. The number of anilines is 3. The largest absolute Gasteiger partial charge is 0.372 e. The van der Waals surface area contributed by atoms with Gasteiger partial charge in [0.15, 0.2) is 5.82 Å². The summed E-state index contributed by atoms with van der Waals surface area (Å²) in [5, 5.41) is 6.54. The molecule has 0 fully saturated rings. The third-order valence-electron chi connectivity index (χ3n) is 3.15. The number of nitrogens with one attached hydrogen (secondary N) is 3. The molecule has 0 amide bonds. The van der Waals surface area contributed by atoms with Crippen LogP contribution in [0.4, 0.5) is 17.5 Å². The summed E-state index contributed by atoms with van der Waals surface area (Å²) in [6, 6.07) is 0.200. The van der Waals surface area contributed by atoms with Crippen molar-refractivity contribution in [3.63, 3.8) is 0 Å². The monoisotopic (exact) mass is 237 g/mol. The fraction of sp³-hybridized carbons (Fsp3) is 0.636. The molecule has 0 saturated carbocycles. The average molecular weight is 237 g/mol. The molecule has 1 aromatic rings. The standard InChI is InChI=1S/C11H19N5O/c1-4-5-6-11(2,3)16-8-7(13-6)9(17)15-10(12)14-8/h6,13H,4-5H2,1-3H3,(H4,12,14,15,16,17). The number of rotatable bonds is 2. The molecule has 1 aromatic heterocycles. The maximum Gasteiger partial charge on any atom is 0.277 e. The smallest absolute Gasteiger partial charge is 0.277 e. The van der Waals surface area contributed by atoms with Crippen molar-refractivity contribution >= 4 is 17.5 Å². The first-order chi connectivity index (χ1) is 7.94. The van der Waals surface area contributed by atoms with Crippen LogP contribution in [0.5, 0.6) is 0 Å². The lowest BCUT2D eigenvalue weighted by Gasteiger charge is -2.41. The number of nitrogens with two attached hydrogens (primary N) is 1. The van der Waals surface area contributed by atoms with Crippen molar-refractivity contribution in [3.05, 3.63) is 10.4 Å². The molecule has 17 heavy (non-hydrogen) atoms. The molecule has 1 unspecified atom stereocenters. The normalized spacial score (nSPS) is 21.2. The molecule has 5 N–H and O–H groups in total. The summed E-state index contributed by atoms with van der Waals surface area (Å²) >= 11 is 0. The lowest BCUT2D eigenvalue weighted by Crippen LogP contribution is -2.52. The Morgan fingerprint density at radius 3 is 2.82 bits per heavy atom. The minimum absolute atomic E-state index is 0.132. The highest BCUT2D eigenvalue weighted by Crippen LogP contribution is 2.31. The first-order valence-electron chi connectivity index (χ1n) is 5.88. The second-order valence-corrected chi connectivity index (χ2v) is 5.01. The molecule has 1 atom stereocenters. The second kappa shape index (κ2) is 3.94. The van der Waals surface area contributed by atoms with Gasteiger partial charge in [-0.05, 0) is 20.3 Å². The molecule has 1 aliphatic heterocycles. The minimum atomic E-state index is -0.225. The molecule has 0 radical (unpaired) electrons. The van der Waals surface area contributed by atoms with Gasteiger partial charge in [-0.2, -0.15) is 4.98 Å². The Balaban J connectivity index is 2.43. The Kier molecular flexibility index (Phi) is 2.73. The van der Waals surface area contributed by atoms with Crippen LogP contribution in [0.25, 0.3) is 0 Å². The average Bonchev–Trinajstić information content (AvgIpc) is 2.19. The van der Waals surface area contributed by atoms with Crippen LogP contribution in [0.1, 0.15) is 33.6 Å². The maximum absolute atomic E-state index is 11.8. The van der Waals surface area contributed by atoms with Crippen molar-refractivity contribution in [1.82, 2.24) is 9.97 Å². The molecular formula is C11H19N5O. The Morgan fingerprint density at radius 2 is 2.18 bits per heavy atom. The molecule has 0 aromatic carbocycles. The van der Waals surface area contributed by atoms with Crippen LogP contribution in [-0.2, 0) is 0 Å². The van der Waals surface area contributed by atoms with Gasteiger partial charge < -0.3 is 16.4 Å². The Hall–Kier alpha value is -1.72. The van der Waals surface area contributed by atoms with Gasteiger partial charge >= 0.3 is 0 Å². The third kappa shape index (κ3) is 2.07. The predicted octanol–water partition coefficient (Wildman–Crippen LogP) is 1.14. The predicted molar refractivity (Wildman–Crippen MR) is 69.3 cm³/mol. The molecule has 1 aliphatic rings. The van der Waals surface area contributed by atoms with E-state index < -0.39 is 0 Å². The molecule has 6 heteroatoms. The number of H-pyrrole nitrogens is 1. The van der Waals surface area contributed by atoms with Crippen LogP contribution in [0.15, 0.2) is 4.79 Å². The number of aromatic amines is 1. The van der Waals surface area contributed by atoms with Crippen molar-refractivity contribution in [1.29, 1.82) is 0 Å². The second-order valence-electron chi connectivity index (χ2n) is 5.01. The van der Waals surface area contributed by atoms with E-state index in [0.29, 0.717) is 11.5 Å². The van der Waals surface area contributed by atoms with Crippen molar-refractivity contribution in [2.24, 2.45) is 0 Å². The number of nitrogens with zero attached hydrogens (tertiary/aromatic N) is 1. The molecular weight excluding hydrogens is 218 g/mol. The zero-order valence-corrected chi connectivity index (χ0v) is 10.4. The van der Waals surface area contributed by atoms with Crippen molar-refractivity contribution in [2.45, 2.75) is 45.2 Å². The van der Waals surface area contributed by atoms with Gasteiger partial charge in [0.05, 0.1) is 5.54 Å². The van der Waals surface area contributed by atoms with Crippen LogP contribution in [-0.4, -0.2) is 21.5 Å². The van der Waals surface area contributed by atoms with E-state index in [2.05, 4.69) is 41.4 Å². The van der Waals surface area contributed by atoms with E-state index in [0.717, 1.165) is 12.8 Å². The van der Waals surface area contributed by atoms with E-state index in [9.17, 15) is 4.79 Å². The summed E-state index contributed by atoms with van der Waals surface area (Å²) in [4.78, 5) is 18.4. The van der Waals surface area contributed by atoms with Gasteiger partial charge in [-0.15, -0.1) is 0 Å². The molecule has 2 heterocycles. The topological polar surface area (TPSA) is 95.8 Å². The van der Waals surface area contributed by atoms with Gasteiger partial charge in [0, 0.05) is 6.04 Å². The molecule has 6 nitrogen and oxygen atoms in total. The lowest BCUT2D eigenvalue weighted by atomic mass is 9.89. The zero-order chi connectivity index (χ0) is 12.6. The SMILES string of the molecule is CCCC1Nc2c(nc(N)[nH]c2=O)NC1(C)C. The first-order valence-corrected chi connectivity index (χ1v) is 5.88. The summed E-state index contributed by atoms with van der Waals surface area (Å²) in [5.41, 5.74) is 5.63. The van der Waals surface area contributed by atoms with Crippen LogP contribution >= 0.6 is 0 Å². The summed E-state index contributed by atoms with van der Waals surface area (Å²) in [6.45, 7) is 6.30. The van der Waals surface area contributed by atoms with Crippen molar-refractivity contribution < 1.29 is 0 Å². The number of aromatic nitrogens is 2. The fourth-order valence-electron chi connectivity index (χ4n) is 2.18. The Morgan fingerprint density at radius 1 is 1.47 bits per heavy atom. The molecule has 0 bridgehead atoms. The molecule has 0 spiro atoms. The summed E-state index contributed by atoms with van der Waals surface area (Å²) in [6.07, 6.45) is 2.04. The summed E-state index contributed by atoms with van der Waals surface area (Å²) in [7, 11) is 0. The molecule has 0 aliphatic carbocycles. The van der Waals surface area contributed by atoms with E-state index in [1.807, 2.05) is 0 Å². The highest BCUT2D eigenvalue weighted by Gasteiger charge is 2.35. The first kappa shape index (κ1) is 11.8. The Labute approximate surface area is 100 Å². The number of fused-ring (bicyclic) bond motifs is 1. The minimum Gasteiger partial charge on any atom is -0.372 e. The van der Waals surface area contributed by atoms with Gasteiger partial charge in [0.1, 0.15) is 5.69 Å². The molecule has 2 rings (SSSR count). The molecule has 94 valence electrons. The van der Waals surface area contributed by atoms with E-state index in [-0.39, 0.29) is 23.1 Å². The van der Waals surface area contributed by atoms with Gasteiger partial charge in [-0.25, -0.2) is 0 Å². The third-order valence-corrected chi connectivity index (χ3v) is 3.15. The van der Waals surface area contributed by atoms with Gasteiger partial charge in [-0.3, -0.25) is 9.78 Å². The van der Waals surface area contributed by atoms with E-state index >= 15 is 0 Å². The quantitative estimate of drug-likeness (QED) is 0.618. The number of nitrogen functional groups attached to an aromatic ring is 1. The van der Waals surface area contributed by atoms with E-state index in [1.165, 1.54) is 0 Å². The number of hydrogen-bond acceptors (Lipinski definition) is 5. The van der Waals surface area contributed by atoms with E-state index in [1.54, 1.807) is 0 Å². The molecule has 0 saturated heterocycles.